The third kappa shape index (κ3) is 3.76. The summed E-state index contributed by atoms with van der Waals surface area (Å²) in [5, 5.41) is 0.527. The highest BCUT2D eigenvalue weighted by Gasteiger charge is 2.15. The topological polar surface area (TPSA) is 38.0 Å². The molecule has 1 atom stereocenters. The van der Waals surface area contributed by atoms with Gasteiger partial charge in [0.1, 0.15) is 11.6 Å². The van der Waals surface area contributed by atoms with Crippen LogP contribution in [0.3, 0.4) is 0 Å². The molecule has 2 rings (SSSR count). The van der Waals surface area contributed by atoms with Crippen LogP contribution in [-0.2, 0) is 6.42 Å². The SMILES string of the molecule is NNC(Cc1cc(F)cc(F)c1)c1ccc(Br)cc1Cl. The molecule has 0 heterocycles. The summed E-state index contributed by atoms with van der Waals surface area (Å²) in [4.78, 5) is 0. The fraction of sp³-hybridized carbons (Fsp3) is 0.143. The second kappa shape index (κ2) is 6.63. The van der Waals surface area contributed by atoms with Gasteiger partial charge in [-0.15, -0.1) is 0 Å². The summed E-state index contributed by atoms with van der Waals surface area (Å²) in [6, 6.07) is 8.44. The van der Waals surface area contributed by atoms with Crippen LogP contribution >= 0.6 is 27.5 Å². The molecular weight excluding hydrogens is 350 g/mol. The molecule has 0 spiro atoms. The van der Waals surface area contributed by atoms with E-state index >= 15 is 0 Å². The van der Waals surface area contributed by atoms with Crippen LogP contribution in [0.1, 0.15) is 17.2 Å². The van der Waals surface area contributed by atoms with Gasteiger partial charge in [0, 0.05) is 15.6 Å². The molecule has 0 aliphatic rings. The van der Waals surface area contributed by atoms with Crippen LogP contribution in [0.15, 0.2) is 40.9 Å². The van der Waals surface area contributed by atoms with Crippen LogP contribution in [0.2, 0.25) is 5.02 Å². The summed E-state index contributed by atoms with van der Waals surface area (Å²) >= 11 is 9.48. The third-order valence-electron chi connectivity index (χ3n) is 2.90. The third-order valence-corrected chi connectivity index (χ3v) is 3.72. The molecule has 0 radical (unpaired) electrons. The van der Waals surface area contributed by atoms with E-state index < -0.39 is 11.6 Å². The number of rotatable bonds is 4. The highest BCUT2D eigenvalue weighted by Crippen LogP contribution is 2.28. The maximum absolute atomic E-state index is 13.2. The van der Waals surface area contributed by atoms with E-state index in [0.717, 1.165) is 16.1 Å². The van der Waals surface area contributed by atoms with Crippen molar-refractivity contribution in [3.8, 4) is 0 Å². The van der Waals surface area contributed by atoms with Crippen molar-refractivity contribution >= 4 is 27.5 Å². The molecule has 0 saturated heterocycles. The van der Waals surface area contributed by atoms with Gasteiger partial charge in [-0.25, -0.2) is 8.78 Å². The van der Waals surface area contributed by atoms with E-state index in [4.69, 9.17) is 17.4 Å². The molecule has 0 aliphatic heterocycles. The first-order valence-electron chi connectivity index (χ1n) is 5.85. The Hall–Kier alpha value is -1.01. The second-order valence-corrected chi connectivity index (χ2v) is 5.69. The highest BCUT2D eigenvalue weighted by molar-refractivity contribution is 9.10. The minimum atomic E-state index is -0.613. The largest absolute Gasteiger partial charge is 0.271 e. The van der Waals surface area contributed by atoms with E-state index in [-0.39, 0.29) is 6.04 Å². The lowest BCUT2D eigenvalue weighted by Gasteiger charge is -2.18. The Bertz CT molecular complexity index is 602. The van der Waals surface area contributed by atoms with Gasteiger partial charge in [0.25, 0.3) is 0 Å². The van der Waals surface area contributed by atoms with Gasteiger partial charge in [-0.3, -0.25) is 11.3 Å². The van der Waals surface area contributed by atoms with Crippen LogP contribution in [0.5, 0.6) is 0 Å². The van der Waals surface area contributed by atoms with Gasteiger partial charge in [0.15, 0.2) is 0 Å². The molecular formula is C14H12BrClF2N2. The van der Waals surface area contributed by atoms with Crippen LogP contribution in [-0.4, -0.2) is 0 Å². The van der Waals surface area contributed by atoms with Crippen molar-refractivity contribution in [3.63, 3.8) is 0 Å². The number of hydrogen-bond acceptors (Lipinski definition) is 2. The monoisotopic (exact) mass is 360 g/mol. The quantitative estimate of drug-likeness (QED) is 0.635. The fourth-order valence-electron chi connectivity index (χ4n) is 2.01. The summed E-state index contributed by atoms with van der Waals surface area (Å²) < 4.78 is 27.2. The molecule has 6 heteroatoms. The van der Waals surface area contributed by atoms with Crippen molar-refractivity contribution < 1.29 is 8.78 Å². The molecule has 0 bridgehead atoms. The molecule has 20 heavy (non-hydrogen) atoms. The van der Waals surface area contributed by atoms with Gasteiger partial charge < -0.3 is 0 Å². The number of benzene rings is 2. The van der Waals surface area contributed by atoms with E-state index in [0.29, 0.717) is 17.0 Å². The summed E-state index contributed by atoms with van der Waals surface area (Å²) in [6.07, 6.45) is 0.326. The van der Waals surface area contributed by atoms with Crippen LogP contribution in [0.4, 0.5) is 8.78 Å². The first kappa shape index (κ1) is 15.4. The van der Waals surface area contributed by atoms with Gasteiger partial charge in [-0.2, -0.15) is 0 Å². The zero-order chi connectivity index (χ0) is 14.7. The minimum Gasteiger partial charge on any atom is -0.271 e. The Labute approximate surface area is 129 Å². The Kier molecular flexibility index (Phi) is 5.10. The normalized spacial score (nSPS) is 12.4. The molecule has 0 amide bonds. The Balaban J connectivity index is 2.28. The number of halogens is 4. The maximum Gasteiger partial charge on any atom is 0.126 e. The van der Waals surface area contributed by atoms with Gasteiger partial charge >= 0.3 is 0 Å². The molecule has 0 aliphatic carbocycles. The van der Waals surface area contributed by atoms with Crippen LogP contribution in [0.25, 0.3) is 0 Å². The second-order valence-electron chi connectivity index (χ2n) is 4.37. The summed E-state index contributed by atoms with van der Waals surface area (Å²) in [5.74, 6) is 4.30. The Morgan fingerprint density at radius 1 is 1.15 bits per heavy atom. The van der Waals surface area contributed by atoms with Gasteiger partial charge in [-0.1, -0.05) is 33.6 Å². The smallest absolute Gasteiger partial charge is 0.126 e. The average molecular weight is 362 g/mol. The molecule has 106 valence electrons. The predicted octanol–water partition coefficient (Wildman–Crippen LogP) is 4.13. The maximum atomic E-state index is 13.2. The van der Waals surface area contributed by atoms with E-state index in [1.807, 2.05) is 12.1 Å². The molecule has 2 aromatic rings. The number of hydrazine groups is 1. The highest BCUT2D eigenvalue weighted by atomic mass is 79.9. The molecule has 3 N–H and O–H groups in total. The molecule has 0 fully saturated rings. The molecule has 1 unspecified atom stereocenters. The summed E-state index contributed by atoms with van der Waals surface area (Å²) in [7, 11) is 0. The number of nitrogens with one attached hydrogen (secondary N) is 1. The number of nitrogens with two attached hydrogens (primary N) is 1. The summed E-state index contributed by atoms with van der Waals surface area (Å²) in [5.41, 5.74) is 3.89. The lowest BCUT2D eigenvalue weighted by molar-refractivity contribution is 0.540. The van der Waals surface area contributed by atoms with E-state index in [2.05, 4.69) is 21.4 Å². The number of hydrogen-bond donors (Lipinski definition) is 2. The first-order valence-corrected chi connectivity index (χ1v) is 7.02. The fourth-order valence-corrected chi connectivity index (χ4v) is 2.81. The first-order chi connectivity index (χ1) is 9.49. The van der Waals surface area contributed by atoms with E-state index in [1.165, 1.54) is 12.1 Å². The van der Waals surface area contributed by atoms with Crippen LogP contribution in [0, 0.1) is 11.6 Å². The van der Waals surface area contributed by atoms with E-state index in [1.54, 1.807) is 6.07 Å². The molecule has 0 saturated carbocycles. The lowest BCUT2D eigenvalue weighted by Crippen LogP contribution is -2.29. The van der Waals surface area contributed by atoms with Gasteiger partial charge in [-0.05, 0) is 41.8 Å². The van der Waals surface area contributed by atoms with Gasteiger partial charge in [0.05, 0.1) is 6.04 Å². The van der Waals surface area contributed by atoms with Crippen molar-refractivity contribution in [1.29, 1.82) is 0 Å². The Morgan fingerprint density at radius 2 is 1.80 bits per heavy atom. The lowest BCUT2D eigenvalue weighted by atomic mass is 9.99. The van der Waals surface area contributed by atoms with E-state index in [9.17, 15) is 8.78 Å². The molecule has 2 aromatic carbocycles. The predicted molar refractivity (Wildman–Crippen MR) is 79.3 cm³/mol. The van der Waals surface area contributed by atoms with Crippen molar-refractivity contribution in [2.45, 2.75) is 12.5 Å². The molecule has 2 nitrogen and oxygen atoms in total. The van der Waals surface area contributed by atoms with Crippen LogP contribution < -0.4 is 11.3 Å². The van der Waals surface area contributed by atoms with Crippen molar-refractivity contribution in [2.75, 3.05) is 0 Å². The minimum absolute atomic E-state index is 0.326. The Morgan fingerprint density at radius 3 is 2.35 bits per heavy atom. The van der Waals surface area contributed by atoms with Crippen molar-refractivity contribution in [2.24, 2.45) is 5.84 Å². The zero-order valence-electron chi connectivity index (χ0n) is 10.3. The zero-order valence-corrected chi connectivity index (χ0v) is 12.7. The van der Waals surface area contributed by atoms with Crippen molar-refractivity contribution in [3.05, 3.63) is 68.7 Å². The van der Waals surface area contributed by atoms with Gasteiger partial charge in [0.2, 0.25) is 0 Å². The van der Waals surface area contributed by atoms with Crippen molar-refractivity contribution in [1.82, 2.24) is 5.43 Å². The summed E-state index contributed by atoms with van der Waals surface area (Å²) in [6.45, 7) is 0. The standard InChI is InChI=1S/C14H12BrClF2N2/c15-9-1-2-12(13(16)6-9)14(20-19)5-8-3-10(17)7-11(18)4-8/h1-4,6-7,14,20H,5,19H2. The molecule has 0 aromatic heterocycles. The average Bonchev–Trinajstić information content (AvgIpc) is 2.35.